The van der Waals surface area contributed by atoms with Crippen LogP contribution in [0.1, 0.15) is 62.2 Å². The van der Waals surface area contributed by atoms with Crippen LogP contribution >= 0.6 is 23.5 Å². The number of amides is 1. The largest absolute Gasteiger partial charge is 0.425 e. The van der Waals surface area contributed by atoms with E-state index in [0.29, 0.717) is 23.7 Å². The molecule has 1 aromatic carbocycles. The molecule has 1 heterocycles. The van der Waals surface area contributed by atoms with Crippen molar-refractivity contribution in [2.45, 2.75) is 69.5 Å². The molecule has 0 radical (unpaired) electrons. The van der Waals surface area contributed by atoms with Crippen LogP contribution in [0.5, 0.6) is 5.75 Å². The zero-order valence-corrected chi connectivity index (χ0v) is 21.7. The zero-order valence-electron chi connectivity index (χ0n) is 20.1. The summed E-state index contributed by atoms with van der Waals surface area (Å²) in [5, 5.41) is 6.54. The van der Waals surface area contributed by atoms with Crippen molar-refractivity contribution in [2.75, 3.05) is 17.8 Å². The third-order valence-electron chi connectivity index (χ3n) is 6.68. The van der Waals surface area contributed by atoms with Crippen molar-refractivity contribution in [1.29, 1.82) is 0 Å². The van der Waals surface area contributed by atoms with Crippen LogP contribution < -0.4 is 21.1 Å². The van der Waals surface area contributed by atoms with Gasteiger partial charge in [0.2, 0.25) is 5.91 Å². The molecule has 1 aromatic rings. The molecule has 3 rings (SSSR count). The minimum Gasteiger partial charge on any atom is -0.425 e. The smallest absolute Gasteiger partial charge is 0.328 e. The van der Waals surface area contributed by atoms with Crippen molar-refractivity contribution < 1.29 is 19.1 Å². The molecule has 2 fully saturated rings. The Balaban J connectivity index is 1.47. The maximum Gasteiger partial charge on any atom is 0.328 e. The fourth-order valence-electron chi connectivity index (χ4n) is 4.47. The number of hydrogen-bond acceptors (Lipinski definition) is 8. The maximum absolute atomic E-state index is 12.7. The number of carbonyl (C=O) groups is 3. The molecule has 7 nitrogen and oxygen atoms in total. The number of rotatable bonds is 11. The first-order chi connectivity index (χ1) is 16.4. The van der Waals surface area contributed by atoms with Crippen LogP contribution in [0.25, 0.3) is 0 Å². The summed E-state index contributed by atoms with van der Waals surface area (Å²) in [6.07, 6.45) is 9.91. The zero-order chi connectivity index (χ0) is 24.5. The molecule has 188 valence electrons. The number of nitrogens with two attached hydrogens (primary N) is 1. The molecule has 2 aliphatic rings. The van der Waals surface area contributed by atoms with Crippen molar-refractivity contribution >= 4 is 41.2 Å². The second-order valence-corrected chi connectivity index (χ2v) is 11.3. The first kappa shape index (κ1) is 27.0. The molecular weight excluding hydrogens is 470 g/mol. The summed E-state index contributed by atoms with van der Waals surface area (Å²) in [6.45, 7) is 1.98. The van der Waals surface area contributed by atoms with Crippen LogP contribution in [-0.2, 0) is 9.59 Å². The average molecular weight is 508 g/mol. The van der Waals surface area contributed by atoms with Crippen molar-refractivity contribution in [2.24, 2.45) is 17.6 Å². The summed E-state index contributed by atoms with van der Waals surface area (Å²) < 4.78 is 5.31. The molecule has 4 N–H and O–H groups in total. The van der Waals surface area contributed by atoms with Crippen molar-refractivity contribution in [3.05, 3.63) is 29.8 Å². The minimum atomic E-state index is -0.659. The Hall–Kier alpha value is -1.55. The van der Waals surface area contributed by atoms with Gasteiger partial charge in [-0.2, -0.15) is 11.8 Å². The number of ketones is 1. The average Bonchev–Trinajstić information content (AvgIpc) is 2.85. The Morgan fingerprint density at radius 1 is 1.18 bits per heavy atom. The van der Waals surface area contributed by atoms with Crippen LogP contribution in [-0.4, -0.2) is 53.0 Å². The molecule has 9 heteroatoms. The van der Waals surface area contributed by atoms with Gasteiger partial charge in [-0.1, -0.05) is 39.0 Å². The van der Waals surface area contributed by atoms with E-state index in [1.165, 1.54) is 43.9 Å². The van der Waals surface area contributed by atoms with Crippen LogP contribution in [0.2, 0.25) is 0 Å². The van der Waals surface area contributed by atoms with E-state index in [1.807, 2.05) is 13.2 Å². The molecule has 0 bridgehead atoms. The Kier molecular flexibility index (Phi) is 10.8. The van der Waals surface area contributed by atoms with E-state index >= 15 is 0 Å². The van der Waals surface area contributed by atoms with Crippen LogP contribution in [0.4, 0.5) is 0 Å². The lowest BCUT2D eigenvalue weighted by Crippen LogP contribution is -2.59. The van der Waals surface area contributed by atoms with Crippen LogP contribution in [0.15, 0.2) is 24.3 Å². The van der Waals surface area contributed by atoms with Gasteiger partial charge in [0.1, 0.15) is 17.3 Å². The maximum atomic E-state index is 12.7. The Morgan fingerprint density at radius 3 is 2.56 bits per heavy atom. The molecule has 34 heavy (non-hydrogen) atoms. The summed E-state index contributed by atoms with van der Waals surface area (Å²) in [6, 6.07) is 6.01. The van der Waals surface area contributed by atoms with Gasteiger partial charge < -0.3 is 15.8 Å². The lowest BCUT2D eigenvalue weighted by atomic mass is 9.81. The van der Waals surface area contributed by atoms with Crippen molar-refractivity contribution in [1.82, 2.24) is 10.6 Å². The number of esters is 1. The molecule has 1 aliphatic heterocycles. The summed E-state index contributed by atoms with van der Waals surface area (Å²) in [5.41, 5.74) is 6.10. The number of ether oxygens (including phenoxy) is 1. The number of hydrogen-bond donors (Lipinski definition) is 3. The topological polar surface area (TPSA) is 111 Å². The molecule has 1 aliphatic carbocycles. The summed E-state index contributed by atoms with van der Waals surface area (Å²) in [5.74, 6) is 1.54. The predicted molar refractivity (Wildman–Crippen MR) is 139 cm³/mol. The Labute approximate surface area is 211 Å². The van der Waals surface area contributed by atoms with Gasteiger partial charge >= 0.3 is 5.97 Å². The lowest BCUT2D eigenvalue weighted by molar-refractivity contribution is -0.135. The van der Waals surface area contributed by atoms with Gasteiger partial charge in [0.25, 0.3) is 0 Å². The van der Waals surface area contributed by atoms with E-state index in [4.69, 9.17) is 10.5 Å². The quantitative estimate of drug-likeness (QED) is 0.237. The SMILES string of the molecule is CSCCC(N)C(=O)Oc1ccc(C(=O)CSC2NC(=O)C(C)C(CC3CCCCC3)N2)cc1. The van der Waals surface area contributed by atoms with E-state index in [9.17, 15) is 14.4 Å². The molecular formula is C25H37N3O4S2. The highest BCUT2D eigenvalue weighted by Gasteiger charge is 2.34. The van der Waals surface area contributed by atoms with Crippen LogP contribution in [0.3, 0.4) is 0 Å². The Morgan fingerprint density at radius 2 is 1.88 bits per heavy atom. The summed E-state index contributed by atoms with van der Waals surface area (Å²) in [4.78, 5) is 37.3. The highest BCUT2D eigenvalue weighted by molar-refractivity contribution is 8.00. The number of thioether (sulfide) groups is 2. The number of Topliss-reactive ketones (excluding diaryl/α,β-unsaturated/α-hetero) is 1. The molecule has 1 saturated carbocycles. The lowest BCUT2D eigenvalue weighted by Gasteiger charge is -2.38. The van der Waals surface area contributed by atoms with E-state index in [-0.39, 0.29) is 34.9 Å². The summed E-state index contributed by atoms with van der Waals surface area (Å²) >= 11 is 3.03. The molecule has 0 spiro atoms. The van der Waals surface area contributed by atoms with E-state index in [1.54, 1.807) is 36.0 Å². The number of benzene rings is 1. The molecule has 1 saturated heterocycles. The molecule has 1 amide bonds. The first-order valence-corrected chi connectivity index (χ1v) is 14.6. The van der Waals surface area contributed by atoms with Crippen molar-refractivity contribution in [3.8, 4) is 5.75 Å². The monoisotopic (exact) mass is 507 g/mol. The highest BCUT2D eigenvalue weighted by Crippen LogP contribution is 2.30. The number of carbonyl (C=O) groups excluding carboxylic acids is 3. The van der Waals surface area contributed by atoms with E-state index < -0.39 is 12.0 Å². The van der Waals surface area contributed by atoms with Crippen LogP contribution in [0, 0.1) is 11.8 Å². The van der Waals surface area contributed by atoms with Gasteiger partial charge in [0.15, 0.2) is 5.78 Å². The number of nitrogens with one attached hydrogen (secondary N) is 2. The summed E-state index contributed by atoms with van der Waals surface area (Å²) in [7, 11) is 0. The van der Waals surface area contributed by atoms with Gasteiger partial charge in [-0.05, 0) is 55.0 Å². The van der Waals surface area contributed by atoms with E-state index in [2.05, 4.69) is 10.6 Å². The fourth-order valence-corrected chi connectivity index (χ4v) is 5.92. The van der Waals surface area contributed by atoms with E-state index in [0.717, 1.165) is 12.2 Å². The second-order valence-electron chi connectivity index (χ2n) is 9.26. The molecule has 4 unspecified atom stereocenters. The predicted octanol–water partition coefficient (Wildman–Crippen LogP) is 3.57. The fraction of sp³-hybridized carbons (Fsp3) is 0.640. The minimum absolute atomic E-state index is 0.0435. The van der Waals surface area contributed by atoms with Gasteiger partial charge in [-0.15, -0.1) is 11.8 Å². The molecule has 4 atom stereocenters. The van der Waals surface area contributed by atoms with Gasteiger partial charge in [0, 0.05) is 11.6 Å². The third kappa shape index (κ3) is 8.00. The standard InChI is InChI=1S/C25H37N3O4S2/c1-16-21(14-17-6-4-3-5-7-17)27-25(28-23(16)30)34-15-22(29)18-8-10-19(11-9-18)32-24(31)20(26)12-13-33-2/h8-11,16-17,20-21,25,27H,3-7,12-15,26H2,1-2H3,(H,28,30). The third-order valence-corrected chi connectivity index (χ3v) is 8.34. The highest BCUT2D eigenvalue weighted by atomic mass is 32.2. The first-order valence-electron chi connectivity index (χ1n) is 12.1. The van der Waals surface area contributed by atoms with Gasteiger partial charge in [-0.25, -0.2) is 4.79 Å². The Bertz CT molecular complexity index is 830. The van der Waals surface area contributed by atoms with Gasteiger partial charge in [-0.3, -0.25) is 14.9 Å². The second kappa shape index (κ2) is 13.5. The van der Waals surface area contributed by atoms with Gasteiger partial charge in [0.05, 0.1) is 11.7 Å². The normalized spacial score (nSPS) is 24.3. The molecule has 0 aromatic heterocycles. The van der Waals surface area contributed by atoms with Crippen molar-refractivity contribution in [3.63, 3.8) is 0 Å².